The molecule has 0 unspecified atom stereocenters. The van der Waals surface area contributed by atoms with E-state index in [1.54, 1.807) is 39.2 Å². The first kappa shape index (κ1) is 26.5. The molecular weight excluding hydrogens is 519 g/mol. The van der Waals surface area contributed by atoms with Crippen molar-refractivity contribution < 1.29 is 18.7 Å². The summed E-state index contributed by atoms with van der Waals surface area (Å²) in [5.74, 6) is 0.527. The molecule has 0 saturated carbocycles. The molecule has 9 nitrogen and oxygen atoms in total. The van der Waals surface area contributed by atoms with Gasteiger partial charge in [0.05, 0.1) is 16.4 Å². The number of amides is 2. The zero-order valence-corrected chi connectivity index (χ0v) is 22.8. The highest BCUT2D eigenvalue weighted by atomic mass is 32.1. The second-order valence-corrected chi connectivity index (χ2v) is 10.4. The van der Waals surface area contributed by atoms with Gasteiger partial charge in [-0.3, -0.25) is 9.59 Å². The van der Waals surface area contributed by atoms with E-state index >= 15 is 0 Å². The molecule has 0 aliphatic carbocycles. The molecule has 0 N–H and O–H groups in total. The van der Waals surface area contributed by atoms with E-state index in [0.29, 0.717) is 36.0 Å². The number of hydrogen-bond donors (Lipinski definition) is 0. The number of thiazole rings is 1. The van der Waals surface area contributed by atoms with Crippen LogP contribution in [0.25, 0.3) is 5.82 Å². The number of nitrogens with zero attached hydrogens (tertiary/aromatic N) is 6. The van der Waals surface area contributed by atoms with Gasteiger partial charge in [-0.15, -0.1) is 11.3 Å². The van der Waals surface area contributed by atoms with Crippen molar-refractivity contribution >= 4 is 28.8 Å². The minimum atomic E-state index is -0.351. The minimum Gasteiger partial charge on any atom is -0.484 e. The largest absolute Gasteiger partial charge is 0.484 e. The van der Waals surface area contributed by atoms with Gasteiger partial charge in [0, 0.05) is 43.3 Å². The Morgan fingerprint density at radius 3 is 2.59 bits per heavy atom. The molecule has 1 fully saturated rings. The van der Waals surface area contributed by atoms with E-state index in [4.69, 9.17) is 4.74 Å². The predicted molar refractivity (Wildman–Crippen MR) is 146 cm³/mol. The number of aryl methyl sites for hydroxylation is 2. The number of carbonyl (C=O) groups excluding carboxylic acids is 2. The van der Waals surface area contributed by atoms with E-state index in [1.807, 2.05) is 26.0 Å². The Balaban J connectivity index is 1.20. The van der Waals surface area contributed by atoms with E-state index in [0.717, 1.165) is 29.2 Å². The highest BCUT2D eigenvalue weighted by Gasteiger charge is 2.28. The third-order valence-corrected chi connectivity index (χ3v) is 7.76. The minimum absolute atomic E-state index is 0.0908. The molecule has 0 atom stereocenters. The van der Waals surface area contributed by atoms with Crippen molar-refractivity contribution in [3.05, 3.63) is 81.9 Å². The molecule has 4 aromatic rings. The van der Waals surface area contributed by atoms with E-state index < -0.39 is 0 Å². The van der Waals surface area contributed by atoms with Crippen LogP contribution in [-0.2, 0) is 4.79 Å². The maximum absolute atomic E-state index is 13.4. The van der Waals surface area contributed by atoms with Crippen LogP contribution in [0.5, 0.6) is 5.75 Å². The van der Waals surface area contributed by atoms with Crippen LogP contribution in [0.1, 0.15) is 45.6 Å². The molecule has 1 aliphatic heterocycles. The maximum atomic E-state index is 13.4. The van der Waals surface area contributed by atoms with Crippen molar-refractivity contribution in [1.82, 2.24) is 24.6 Å². The van der Waals surface area contributed by atoms with Gasteiger partial charge >= 0.3 is 0 Å². The van der Waals surface area contributed by atoms with E-state index in [-0.39, 0.29) is 30.2 Å². The predicted octanol–water partition coefficient (Wildman–Crippen LogP) is 4.54. The molecule has 202 valence electrons. The monoisotopic (exact) mass is 548 g/mol. The summed E-state index contributed by atoms with van der Waals surface area (Å²) < 4.78 is 20.3. The summed E-state index contributed by atoms with van der Waals surface area (Å²) >= 11 is 1.47. The third-order valence-electron chi connectivity index (χ3n) is 6.76. The third kappa shape index (κ3) is 5.83. The average Bonchev–Trinajstić information content (AvgIpc) is 3.58. The number of piperidine rings is 1. The molecular formula is C28H29FN6O3S. The van der Waals surface area contributed by atoms with Crippen LogP contribution in [0.15, 0.2) is 54.0 Å². The fourth-order valence-corrected chi connectivity index (χ4v) is 5.62. The van der Waals surface area contributed by atoms with E-state index in [1.165, 1.54) is 35.6 Å². The topological polar surface area (TPSA) is 93.5 Å². The lowest BCUT2D eigenvalue weighted by molar-refractivity contribution is -0.134. The number of benzene rings is 1. The summed E-state index contributed by atoms with van der Waals surface area (Å²) in [4.78, 5) is 38.5. The van der Waals surface area contributed by atoms with Crippen molar-refractivity contribution in [3.63, 3.8) is 0 Å². The number of anilines is 1. The van der Waals surface area contributed by atoms with Gasteiger partial charge in [0.2, 0.25) is 0 Å². The molecule has 4 heterocycles. The van der Waals surface area contributed by atoms with Crippen molar-refractivity contribution in [3.8, 4) is 11.6 Å². The lowest BCUT2D eigenvalue weighted by Crippen LogP contribution is -2.40. The number of carbonyl (C=O) groups is 2. The fraction of sp³-hybridized carbons (Fsp3) is 0.321. The first-order valence-electron chi connectivity index (χ1n) is 12.7. The van der Waals surface area contributed by atoms with Gasteiger partial charge in [-0.25, -0.2) is 19.0 Å². The van der Waals surface area contributed by atoms with Crippen LogP contribution in [0.3, 0.4) is 0 Å². The summed E-state index contributed by atoms with van der Waals surface area (Å²) in [6.45, 7) is 4.94. The second kappa shape index (κ2) is 11.3. The number of pyridine rings is 1. The van der Waals surface area contributed by atoms with Gasteiger partial charge in [-0.05, 0) is 69.2 Å². The standard InChI is InChI=1S/C28H29FN6O3S/c1-18-15-19(2)35(32-18)26-24(5-4-12-30-26)33(3)28(37)23-17-39-27(31-23)20-10-13-34(14-11-20)25(36)16-38-22-8-6-21(29)7-9-22/h4-9,12,15,17,20H,10-11,13-14,16H2,1-3H3. The normalized spacial score (nSPS) is 13.9. The van der Waals surface area contributed by atoms with Gasteiger partial charge < -0.3 is 14.5 Å². The quantitative estimate of drug-likeness (QED) is 0.337. The number of ether oxygens (including phenoxy) is 1. The van der Waals surface area contributed by atoms with E-state index in [9.17, 15) is 14.0 Å². The highest BCUT2D eigenvalue weighted by molar-refractivity contribution is 7.10. The van der Waals surface area contributed by atoms with Crippen LogP contribution < -0.4 is 9.64 Å². The zero-order valence-electron chi connectivity index (χ0n) is 22.0. The molecule has 0 spiro atoms. The first-order valence-corrected chi connectivity index (χ1v) is 13.6. The number of rotatable bonds is 7. The van der Waals surface area contributed by atoms with Gasteiger partial charge in [0.1, 0.15) is 17.3 Å². The Morgan fingerprint density at radius 2 is 1.90 bits per heavy atom. The SMILES string of the molecule is Cc1cc(C)n(-c2ncccc2N(C)C(=O)c2csc(C3CCN(C(=O)COc4ccc(F)cc4)CC3)n2)n1. The summed E-state index contributed by atoms with van der Waals surface area (Å²) in [7, 11) is 1.71. The maximum Gasteiger partial charge on any atom is 0.277 e. The Bertz CT molecular complexity index is 1480. The summed E-state index contributed by atoms with van der Waals surface area (Å²) in [6, 6.07) is 11.2. The Kier molecular flexibility index (Phi) is 7.69. The van der Waals surface area contributed by atoms with Crippen LogP contribution >= 0.6 is 11.3 Å². The fourth-order valence-electron chi connectivity index (χ4n) is 4.65. The Hall–Kier alpha value is -4.12. The number of halogens is 1. The molecule has 2 amide bonds. The number of hydrogen-bond acceptors (Lipinski definition) is 7. The van der Waals surface area contributed by atoms with Crippen LogP contribution in [0, 0.1) is 19.7 Å². The molecule has 0 radical (unpaired) electrons. The molecule has 1 aromatic carbocycles. The molecule has 5 rings (SSSR count). The number of aromatic nitrogens is 4. The Morgan fingerprint density at radius 1 is 1.15 bits per heavy atom. The van der Waals surface area contributed by atoms with Crippen molar-refractivity contribution in [1.29, 1.82) is 0 Å². The zero-order chi connectivity index (χ0) is 27.5. The first-order chi connectivity index (χ1) is 18.8. The van der Waals surface area contributed by atoms with Gasteiger partial charge in [-0.2, -0.15) is 5.10 Å². The van der Waals surface area contributed by atoms with Crippen LogP contribution in [0.2, 0.25) is 0 Å². The molecule has 1 aliphatic rings. The van der Waals surface area contributed by atoms with Crippen LogP contribution in [0.4, 0.5) is 10.1 Å². The highest BCUT2D eigenvalue weighted by Crippen LogP contribution is 2.31. The molecule has 0 bridgehead atoms. The molecule has 11 heteroatoms. The lowest BCUT2D eigenvalue weighted by atomic mass is 9.97. The Labute approximate surface area is 229 Å². The second-order valence-electron chi connectivity index (χ2n) is 9.52. The summed E-state index contributed by atoms with van der Waals surface area (Å²) in [5, 5.41) is 7.21. The van der Waals surface area contributed by atoms with E-state index in [2.05, 4.69) is 15.1 Å². The van der Waals surface area contributed by atoms with Gasteiger partial charge in [-0.1, -0.05) is 0 Å². The molecule has 39 heavy (non-hydrogen) atoms. The number of likely N-dealkylation sites (tertiary alicyclic amines) is 1. The van der Waals surface area contributed by atoms with Crippen molar-refractivity contribution in [2.75, 3.05) is 31.6 Å². The van der Waals surface area contributed by atoms with Crippen molar-refractivity contribution in [2.24, 2.45) is 0 Å². The van der Waals surface area contributed by atoms with Crippen molar-refractivity contribution in [2.45, 2.75) is 32.6 Å². The average molecular weight is 549 g/mol. The summed E-state index contributed by atoms with van der Waals surface area (Å²) in [6.07, 6.45) is 3.19. The lowest BCUT2D eigenvalue weighted by Gasteiger charge is -2.31. The molecule has 1 saturated heterocycles. The smallest absolute Gasteiger partial charge is 0.277 e. The van der Waals surface area contributed by atoms with Gasteiger partial charge in [0.25, 0.3) is 11.8 Å². The summed E-state index contributed by atoms with van der Waals surface area (Å²) in [5.41, 5.74) is 2.82. The van der Waals surface area contributed by atoms with Crippen LogP contribution in [-0.4, -0.2) is 63.2 Å². The molecule has 3 aromatic heterocycles. The van der Waals surface area contributed by atoms with Gasteiger partial charge in [0.15, 0.2) is 12.4 Å².